The van der Waals surface area contributed by atoms with Crippen molar-refractivity contribution in [3.05, 3.63) is 22.4 Å². The Hall–Kier alpha value is -0.870. The van der Waals surface area contributed by atoms with Gasteiger partial charge in [0.25, 0.3) is 0 Å². The van der Waals surface area contributed by atoms with Crippen LogP contribution in [0, 0.1) is 11.8 Å². The van der Waals surface area contributed by atoms with E-state index in [1.165, 1.54) is 4.88 Å². The van der Waals surface area contributed by atoms with E-state index in [1.54, 1.807) is 11.3 Å². The molecule has 1 amide bonds. The minimum Gasteiger partial charge on any atom is -0.317 e. The van der Waals surface area contributed by atoms with Crippen molar-refractivity contribution in [1.82, 2.24) is 10.2 Å². The summed E-state index contributed by atoms with van der Waals surface area (Å²) in [6.45, 7) is 6.56. The second kappa shape index (κ2) is 4.91. The molecule has 0 spiro atoms. The second-order valence-electron chi connectivity index (χ2n) is 5.97. The van der Waals surface area contributed by atoms with Crippen molar-refractivity contribution < 1.29 is 4.79 Å². The molecule has 1 aromatic heterocycles. The number of nitrogens with one attached hydrogen (secondary N) is 1. The molecular formula is C15H22N2OS. The third-order valence-corrected chi connectivity index (χ3v) is 5.51. The fourth-order valence-electron chi connectivity index (χ4n) is 2.96. The molecule has 3 rings (SSSR count). The van der Waals surface area contributed by atoms with Crippen LogP contribution in [0.2, 0.25) is 0 Å². The Morgan fingerprint density at radius 1 is 1.58 bits per heavy atom. The maximum atomic E-state index is 12.7. The molecule has 0 aromatic carbocycles. The van der Waals surface area contributed by atoms with Gasteiger partial charge >= 0.3 is 0 Å². The molecule has 0 bridgehead atoms. The Kier molecular flexibility index (Phi) is 3.39. The number of hydrogen-bond donors (Lipinski definition) is 1. The SMILES string of the molecule is CCC(C)C1NC(c2cccs2)N(C2CC2C)C1=O. The van der Waals surface area contributed by atoms with Crippen LogP contribution >= 0.6 is 11.3 Å². The summed E-state index contributed by atoms with van der Waals surface area (Å²) >= 11 is 1.74. The van der Waals surface area contributed by atoms with E-state index in [-0.39, 0.29) is 12.2 Å². The van der Waals surface area contributed by atoms with Crippen LogP contribution in [-0.4, -0.2) is 22.9 Å². The molecule has 1 aliphatic heterocycles. The molecule has 1 saturated carbocycles. The summed E-state index contributed by atoms with van der Waals surface area (Å²) in [5.41, 5.74) is 0. The average Bonchev–Trinajstić information content (AvgIpc) is 2.86. The van der Waals surface area contributed by atoms with Crippen LogP contribution in [0.4, 0.5) is 0 Å². The highest BCUT2D eigenvalue weighted by atomic mass is 32.1. The van der Waals surface area contributed by atoms with Gasteiger partial charge in [-0.15, -0.1) is 11.3 Å². The summed E-state index contributed by atoms with van der Waals surface area (Å²) in [5.74, 6) is 1.36. The minimum atomic E-state index is -0.00935. The van der Waals surface area contributed by atoms with Crippen LogP contribution in [0.15, 0.2) is 17.5 Å². The maximum absolute atomic E-state index is 12.7. The molecule has 2 heterocycles. The van der Waals surface area contributed by atoms with Crippen LogP contribution in [-0.2, 0) is 4.79 Å². The van der Waals surface area contributed by atoms with Gasteiger partial charge in [0, 0.05) is 10.9 Å². The van der Waals surface area contributed by atoms with Crippen LogP contribution < -0.4 is 5.32 Å². The Morgan fingerprint density at radius 3 is 2.84 bits per heavy atom. The summed E-state index contributed by atoms with van der Waals surface area (Å²) in [5, 5.41) is 5.66. The standard InChI is InChI=1S/C15H22N2OS/c1-4-9(2)13-15(18)17(11-8-10(11)3)14(16-13)12-6-5-7-19-12/h5-7,9-11,13-14,16H,4,8H2,1-3H3. The molecule has 0 radical (unpaired) electrons. The van der Waals surface area contributed by atoms with E-state index in [2.05, 4.69) is 48.5 Å². The van der Waals surface area contributed by atoms with Crippen LogP contribution in [0.25, 0.3) is 0 Å². The summed E-state index contributed by atoms with van der Waals surface area (Å²) in [4.78, 5) is 16.1. The highest BCUT2D eigenvalue weighted by Crippen LogP contribution is 2.43. The zero-order chi connectivity index (χ0) is 13.6. The van der Waals surface area contributed by atoms with Crippen LogP contribution in [0.1, 0.15) is 44.7 Å². The molecule has 19 heavy (non-hydrogen) atoms. The number of amides is 1. The molecule has 104 valence electrons. The second-order valence-corrected chi connectivity index (χ2v) is 6.95. The van der Waals surface area contributed by atoms with Gasteiger partial charge in [-0.3, -0.25) is 10.1 Å². The summed E-state index contributed by atoms with van der Waals surface area (Å²) in [6.07, 6.45) is 2.29. The Balaban J connectivity index is 1.87. The van der Waals surface area contributed by atoms with Gasteiger partial charge < -0.3 is 4.90 Å². The van der Waals surface area contributed by atoms with Gasteiger partial charge in [0.2, 0.25) is 5.91 Å². The highest BCUT2D eigenvalue weighted by Gasteiger charge is 2.51. The molecule has 5 unspecified atom stereocenters. The van der Waals surface area contributed by atoms with E-state index in [0.717, 1.165) is 12.8 Å². The first-order valence-electron chi connectivity index (χ1n) is 7.25. The van der Waals surface area contributed by atoms with Crippen LogP contribution in [0.5, 0.6) is 0 Å². The summed E-state index contributed by atoms with van der Waals surface area (Å²) < 4.78 is 0. The minimum absolute atomic E-state index is 0.00935. The largest absolute Gasteiger partial charge is 0.317 e. The first kappa shape index (κ1) is 13.1. The van der Waals surface area contributed by atoms with Gasteiger partial charge in [-0.2, -0.15) is 0 Å². The smallest absolute Gasteiger partial charge is 0.241 e. The maximum Gasteiger partial charge on any atom is 0.241 e. The van der Waals surface area contributed by atoms with Crippen molar-refractivity contribution in [2.24, 2.45) is 11.8 Å². The van der Waals surface area contributed by atoms with Gasteiger partial charge in [0.15, 0.2) is 0 Å². The van der Waals surface area contributed by atoms with E-state index in [1.807, 2.05) is 0 Å². The summed E-state index contributed by atoms with van der Waals surface area (Å²) in [7, 11) is 0. The van der Waals surface area contributed by atoms with E-state index < -0.39 is 0 Å². The number of carbonyl (C=O) groups is 1. The third-order valence-electron chi connectivity index (χ3n) is 4.59. The lowest BCUT2D eigenvalue weighted by molar-refractivity contribution is -0.131. The predicted molar refractivity (Wildman–Crippen MR) is 77.9 cm³/mol. The lowest BCUT2D eigenvalue weighted by Crippen LogP contribution is -2.36. The average molecular weight is 278 g/mol. The number of nitrogens with zero attached hydrogens (tertiary/aromatic N) is 1. The van der Waals surface area contributed by atoms with Gasteiger partial charge in [0.1, 0.15) is 6.17 Å². The lowest BCUT2D eigenvalue weighted by atomic mass is 9.99. The molecular weight excluding hydrogens is 256 g/mol. The van der Waals surface area contributed by atoms with Crippen molar-refractivity contribution in [2.45, 2.75) is 51.9 Å². The number of hydrogen-bond acceptors (Lipinski definition) is 3. The number of thiophene rings is 1. The van der Waals surface area contributed by atoms with Crippen molar-refractivity contribution in [1.29, 1.82) is 0 Å². The molecule has 4 heteroatoms. The molecule has 3 nitrogen and oxygen atoms in total. The lowest BCUT2D eigenvalue weighted by Gasteiger charge is -2.23. The van der Waals surface area contributed by atoms with Gasteiger partial charge in [-0.05, 0) is 29.7 Å². The topological polar surface area (TPSA) is 32.3 Å². The molecule has 1 saturated heterocycles. The third kappa shape index (κ3) is 2.21. The number of carbonyl (C=O) groups excluding carboxylic acids is 1. The van der Waals surface area contributed by atoms with E-state index >= 15 is 0 Å². The van der Waals surface area contributed by atoms with Crippen LogP contribution in [0.3, 0.4) is 0 Å². The zero-order valence-corrected chi connectivity index (χ0v) is 12.6. The molecule has 5 atom stereocenters. The van der Waals surface area contributed by atoms with Gasteiger partial charge in [0.05, 0.1) is 6.04 Å². The highest BCUT2D eigenvalue weighted by molar-refractivity contribution is 7.10. The monoisotopic (exact) mass is 278 g/mol. The van der Waals surface area contributed by atoms with E-state index in [4.69, 9.17) is 0 Å². The first-order valence-corrected chi connectivity index (χ1v) is 8.13. The number of rotatable bonds is 4. The van der Waals surface area contributed by atoms with E-state index in [0.29, 0.717) is 23.8 Å². The quantitative estimate of drug-likeness (QED) is 0.918. The Bertz CT molecular complexity index is 459. The van der Waals surface area contributed by atoms with Crippen molar-refractivity contribution >= 4 is 17.2 Å². The predicted octanol–water partition coefficient (Wildman–Crippen LogP) is 3.00. The molecule has 1 aromatic rings. The van der Waals surface area contributed by atoms with Gasteiger partial charge in [-0.1, -0.05) is 33.3 Å². The first-order chi connectivity index (χ1) is 9.13. The molecule has 2 aliphatic rings. The van der Waals surface area contributed by atoms with Gasteiger partial charge in [-0.25, -0.2) is 0 Å². The van der Waals surface area contributed by atoms with Crippen molar-refractivity contribution in [3.63, 3.8) is 0 Å². The zero-order valence-electron chi connectivity index (χ0n) is 11.8. The fraction of sp³-hybridized carbons (Fsp3) is 0.667. The molecule has 1 aliphatic carbocycles. The van der Waals surface area contributed by atoms with E-state index in [9.17, 15) is 4.79 Å². The van der Waals surface area contributed by atoms with Crippen molar-refractivity contribution in [2.75, 3.05) is 0 Å². The fourth-order valence-corrected chi connectivity index (χ4v) is 3.75. The van der Waals surface area contributed by atoms with Crippen molar-refractivity contribution in [3.8, 4) is 0 Å². The molecule has 1 N–H and O–H groups in total. The summed E-state index contributed by atoms with van der Waals surface area (Å²) in [6, 6.07) is 4.64. The molecule has 2 fully saturated rings. The Morgan fingerprint density at radius 2 is 2.32 bits per heavy atom. The normalized spacial score (nSPS) is 35.7. The Labute approximate surface area is 119 Å².